The summed E-state index contributed by atoms with van der Waals surface area (Å²) in [6.45, 7) is 3.81. The number of nitrogens with zero attached hydrogens (tertiary/aromatic N) is 5. The van der Waals surface area contributed by atoms with Gasteiger partial charge in [0.2, 0.25) is 5.88 Å². The Morgan fingerprint density at radius 2 is 2.03 bits per heavy atom. The van der Waals surface area contributed by atoms with Gasteiger partial charge in [0.15, 0.2) is 11.1 Å². The average Bonchev–Trinajstić information content (AvgIpc) is 3.23. The minimum Gasteiger partial charge on any atom is -0.477 e. The Morgan fingerprint density at radius 3 is 2.66 bits per heavy atom. The Kier molecular flexibility index (Phi) is 7.01. The molecule has 158 valence electrons. The van der Waals surface area contributed by atoms with E-state index in [9.17, 15) is 13.2 Å². The van der Waals surface area contributed by atoms with Gasteiger partial charge in [-0.2, -0.15) is 13.2 Å². The molecular weight excluding hydrogens is 429 g/mol. The fraction of sp³-hybridized carbons (Fsp3) is 0.471. The van der Waals surface area contributed by atoms with E-state index in [1.807, 2.05) is 10.3 Å². The summed E-state index contributed by atoms with van der Waals surface area (Å²) in [5, 5.41) is 2.78. The molecule has 12 heteroatoms. The second-order valence-corrected chi connectivity index (χ2v) is 7.52. The largest absolute Gasteiger partial charge is 0.477 e. The smallest absolute Gasteiger partial charge is 0.417 e. The van der Waals surface area contributed by atoms with Crippen molar-refractivity contribution >= 4 is 34.0 Å². The Hall–Kier alpha value is -2.27. The van der Waals surface area contributed by atoms with Gasteiger partial charge in [-0.05, 0) is 6.07 Å². The number of piperazine rings is 1. The first kappa shape index (κ1) is 21.4. The van der Waals surface area contributed by atoms with Crippen LogP contribution in [-0.2, 0) is 6.18 Å². The van der Waals surface area contributed by atoms with Gasteiger partial charge in [-0.15, -0.1) is 11.3 Å². The number of thiazole rings is 1. The third-order valence-electron chi connectivity index (χ3n) is 4.24. The van der Waals surface area contributed by atoms with Crippen LogP contribution in [0.4, 0.5) is 18.3 Å². The number of hydrogen-bond donors (Lipinski definition) is 1. The van der Waals surface area contributed by atoms with Crippen LogP contribution in [0.5, 0.6) is 5.88 Å². The van der Waals surface area contributed by atoms with Gasteiger partial charge in [-0.3, -0.25) is 4.99 Å². The first-order valence-corrected chi connectivity index (χ1v) is 10.1. The van der Waals surface area contributed by atoms with Crippen molar-refractivity contribution in [3.05, 3.63) is 34.4 Å². The van der Waals surface area contributed by atoms with E-state index < -0.39 is 11.7 Å². The highest BCUT2D eigenvalue weighted by molar-refractivity contribution is 7.13. The van der Waals surface area contributed by atoms with E-state index in [1.165, 1.54) is 0 Å². The molecule has 1 aliphatic rings. The summed E-state index contributed by atoms with van der Waals surface area (Å²) in [7, 11) is 0. The molecule has 0 atom stereocenters. The number of guanidine groups is 1. The molecule has 2 aromatic rings. The molecule has 0 amide bonds. The molecular formula is C17H20ClF3N6OS. The number of hydrogen-bond acceptors (Lipinski definition) is 6. The number of nitrogens with two attached hydrogens (primary N) is 1. The monoisotopic (exact) mass is 448 g/mol. The number of ether oxygens (including phenoxy) is 1. The Bertz CT molecular complexity index is 825. The molecule has 7 nitrogen and oxygen atoms in total. The van der Waals surface area contributed by atoms with E-state index in [0.717, 1.165) is 37.4 Å². The molecule has 0 unspecified atom stereocenters. The Labute approximate surface area is 175 Å². The molecule has 1 saturated heterocycles. The van der Waals surface area contributed by atoms with Gasteiger partial charge >= 0.3 is 6.18 Å². The SMILES string of the molecule is NC(=NCCCOc1ncc(C(F)(F)F)cc1Cl)N1CCN(c2nccs2)CC1. The van der Waals surface area contributed by atoms with Crippen molar-refractivity contribution in [3.8, 4) is 5.88 Å². The maximum absolute atomic E-state index is 12.6. The second-order valence-electron chi connectivity index (χ2n) is 6.24. The molecule has 3 heterocycles. The predicted octanol–water partition coefficient (Wildman–Crippen LogP) is 3.12. The van der Waals surface area contributed by atoms with Gasteiger partial charge < -0.3 is 20.3 Å². The summed E-state index contributed by atoms with van der Waals surface area (Å²) in [5.74, 6) is 0.435. The van der Waals surface area contributed by atoms with Crippen molar-refractivity contribution in [1.82, 2.24) is 14.9 Å². The van der Waals surface area contributed by atoms with Crippen molar-refractivity contribution in [3.63, 3.8) is 0 Å². The number of halogens is 4. The van der Waals surface area contributed by atoms with Crippen LogP contribution in [0.3, 0.4) is 0 Å². The Morgan fingerprint density at radius 1 is 1.28 bits per heavy atom. The summed E-state index contributed by atoms with van der Waals surface area (Å²) in [6, 6.07) is 0.797. The maximum Gasteiger partial charge on any atom is 0.417 e. The first-order chi connectivity index (χ1) is 13.8. The number of anilines is 1. The van der Waals surface area contributed by atoms with Crippen LogP contribution in [0.15, 0.2) is 28.8 Å². The van der Waals surface area contributed by atoms with Crippen LogP contribution < -0.4 is 15.4 Å². The molecule has 0 spiro atoms. The summed E-state index contributed by atoms with van der Waals surface area (Å²) in [6.07, 6.45) is -1.48. The van der Waals surface area contributed by atoms with Gasteiger partial charge in [0.25, 0.3) is 0 Å². The first-order valence-electron chi connectivity index (χ1n) is 8.89. The predicted molar refractivity (Wildman–Crippen MR) is 107 cm³/mol. The lowest BCUT2D eigenvalue weighted by Gasteiger charge is -2.35. The number of pyridine rings is 1. The standard InChI is InChI=1S/C17H20ClF3N6OS/c18-13-10-12(17(19,20)21)11-25-14(13)28-8-1-2-23-15(22)26-4-6-27(7-5-26)16-24-3-9-29-16/h3,9-11H,1-2,4-8H2,(H2,22,23). The highest BCUT2D eigenvalue weighted by Crippen LogP contribution is 2.33. The van der Waals surface area contributed by atoms with E-state index in [1.54, 1.807) is 17.5 Å². The van der Waals surface area contributed by atoms with Crippen molar-refractivity contribution < 1.29 is 17.9 Å². The zero-order chi connectivity index (χ0) is 20.9. The highest BCUT2D eigenvalue weighted by Gasteiger charge is 2.31. The molecule has 0 saturated carbocycles. The van der Waals surface area contributed by atoms with Crippen LogP contribution in [-0.4, -0.2) is 60.2 Å². The average molecular weight is 449 g/mol. The van der Waals surface area contributed by atoms with Crippen molar-refractivity contribution in [2.45, 2.75) is 12.6 Å². The lowest BCUT2D eigenvalue weighted by Crippen LogP contribution is -2.51. The zero-order valence-electron chi connectivity index (χ0n) is 15.4. The second kappa shape index (κ2) is 9.49. The van der Waals surface area contributed by atoms with Crippen LogP contribution in [0.25, 0.3) is 0 Å². The maximum atomic E-state index is 12.6. The molecule has 29 heavy (non-hydrogen) atoms. The Balaban J connectivity index is 1.39. The minimum absolute atomic E-state index is 0.0325. The van der Waals surface area contributed by atoms with Gasteiger partial charge in [0.05, 0.1) is 12.2 Å². The summed E-state index contributed by atoms with van der Waals surface area (Å²) >= 11 is 7.41. The van der Waals surface area contributed by atoms with Gasteiger partial charge in [-0.1, -0.05) is 11.6 Å². The molecule has 0 radical (unpaired) electrons. The van der Waals surface area contributed by atoms with E-state index in [-0.39, 0.29) is 17.5 Å². The van der Waals surface area contributed by atoms with Crippen molar-refractivity contribution in [1.29, 1.82) is 0 Å². The third kappa shape index (κ3) is 5.86. The van der Waals surface area contributed by atoms with Gasteiger partial charge in [0, 0.05) is 56.9 Å². The van der Waals surface area contributed by atoms with Crippen LogP contribution in [0.2, 0.25) is 5.02 Å². The molecule has 2 aromatic heterocycles. The molecule has 3 rings (SSSR count). The van der Waals surface area contributed by atoms with E-state index in [2.05, 4.69) is 19.9 Å². The van der Waals surface area contributed by atoms with Crippen LogP contribution in [0.1, 0.15) is 12.0 Å². The van der Waals surface area contributed by atoms with E-state index in [4.69, 9.17) is 22.1 Å². The van der Waals surface area contributed by atoms with Gasteiger partial charge in [0.1, 0.15) is 5.02 Å². The number of rotatable bonds is 6. The topological polar surface area (TPSA) is 79.9 Å². The third-order valence-corrected chi connectivity index (χ3v) is 5.35. The lowest BCUT2D eigenvalue weighted by molar-refractivity contribution is -0.137. The molecule has 1 fully saturated rings. The fourth-order valence-corrected chi connectivity index (χ4v) is 3.63. The number of aliphatic imine (C=N–C) groups is 1. The number of alkyl halides is 3. The molecule has 0 bridgehead atoms. The summed E-state index contributed by atoms with van der Waals surface area (Å²) < 4.78 is 43.1. The molecule has 1 aliphatic heterocycles. The fourth-order valence-electron chi connectivity index (χ4n) is 2.71. The van der Waals surface area contributed by atoms with Crippen LogP contribution in [0, 0.1) is 0 Å². The summed E-state index contributed by atoms with van der Waals surface area (Å²) in [4.78, 5) is 16.5. The van der Waals surface area contributed by atoms with Crippen molar-refractivity contribution in [2.75, 3.05) is 44.2 Å². The molecule has 2 N–H and O–H groups in total. The highest BCUT2D eigenvalue weighted by atomic mass is 35.5. The van der Waals surface area contributed by atoms with E-state index >= 15 is 0 Å². The normalized spacial score (nSPS) is 15.7. The quantitative estimate of drug-likeness (QED) is 0.415. The molecule has 0 aromatic carbocycles. The molecule has 0 aliphatic carbocycles. The number of aromatic nitrogens is 2. The zero-order valence-corrected chi connectivity index (χ0v) is 17.0. The lowest BCUT2D eigenvalue weighted by atomic mass is 10.3. The minimum atomic E-state index is -4.49. The van der Waals surface area contributed by atoms with E-state index in [0.29, 0.717) is 25.1 Å². The summed E-state index contributed by atoms with van der Waals surface area (Å²) in [5.41, 5.74) is 5.14. The van der Waals surface area contributed by atoms with Crippen molar-refractivity contribution in [2.24, 2.45) is 10.7 Å². The van der Waals surface area contributed by atoms with Crippen LogP contribution >= 0.6 is 22.9 Å². The van der Waals surface area contributed by atoms with Gasteiger partial charge in [-0.25, -0.2) is 9.97 Å².